The van der Waals surface area contributed by atoms with E-state index in [4.69, 9.17) is 16.3 Å². The Hall–Kier alpha value is -1.28. The van der Waals surface area contributed by atoms with Gasteiger partial charge < -0.3 is 4.74 Å². The van der Waals surface area contributed by atoms with Gasteiger partial charge in [0.2, 0.25) is 0 Å². The Morgan fingerprint density at radius 2 is 2.35 bits per heavy atom. The van der Waals surface area contributed by atoms with Gasteiger partial charge in [-0.1, -0.05) is 35.9 Å². The smallest absolute Gasteiger partial charge is 0.302 e. The third kappa shape index (κ3) is 2.70. The van der Waals surface area contributed by atoms with Crippen LogP contribution in [0.2, 0.25) is 5.02 Å². The minimum absolute atomic E-state index is 0.234. The van der Waals surface area contributed by atoms with Gasteiger partial charge in [-0.2, -0.15) is 0 Å². The van der Waals surface area contributed by atoms with Gasteiger partial charge in [0.15, 0.2) is 0 Å². The molecule has 1 aliphatic carbocycles. The monoisotopic (exact) mass is 250 g/mol. The molecule has 0 bridgehead atoms. The van der Waals surface area contributed by atoms with E-state index < -0.39 is 0 Å². The topological polar surface area (TPSA) is 26.3 Å². The number of rotatable bonds is 3. The zero-order valence-corrected chi connectivity index (χ0v) is 10.5. The van der Waals surface area contributed by atoms with Gasteiger partial charge >= 0.3 is 5.97 Å². The first-order valence-electron chi connectivity index (χ1n) is 5.64. The van der Waals surface area contributed by atoms with Crippen molar-refractivity contribution in [3.63, 3.8) is 0 Å². The summed E-state index contributed by atoms with van der Waals surface area (Å²) < 4.78 is 5.07. The maximum absolute atomic E-state index is 10.8. The van der Waals surface area contributed by atoms with Gasteiger partial charge in [-0.15, -0.1) is 0 Å². The highest BCUT2D eigenvalue weighted by Crippen LogP contribution is 2.46. The van der Waals surface area contributed by atoms with Crippen molar-refractivity contribution in [1.82, 2.24) is 0 Å². The normalized spacial score (nSPS) is 23.1. The molecule has 1 fully saturated rings. The average molecular weight is 251 g/mol. The van der Waals surface area contributed by atoms with Crippen LogP contribution in [0.1, 0.15) is 24.8 Å². The number of carbonyl (C=O) groups is 1. The molecule has 0 amide bonds. The Labute approximate surface area is 106 Å². The zero-order valence-electron chi connectivity index (χ0n) is 9.78. The van der Waals surface area contributed by atoms with E-state index >= 15 is 0 Å². The lowest BCUT2D eigenvalue weighted by Gasteiger charge is -2.39. The zero-order chi connectivity index (χ0) is 12.4. The number of halogens is 1. The molecule has 0 aliphatic heterocycles. The van der Waals surface area contributed by atoms with Crippen LogP contribution < -0.4 is 0 Å². The molecule has 0 heterocycles. The summed E-state index contributed by atoms with van der Waals surface area (Å²) in [5.74, 6) is 0.368. The van der Waals surface area contributed by atoms with Gasteiger partial charge in [-0.05, 0) is 30.0 Å². The fraction of sp³-hybridized carbons (Fsp3) is 0.357. The standard InChI is InChI=1S/C14H15ClO2/c1-9-6-13(14(9)8-17-10(2)16)11-4-3-5-12(15)7-11/h3-5,7,13-14H,1,6,8H2,2H3/t13-,14+/m1/s1. The Morgan fingerprint density at radius 1 is 1.59 bits per heavy atom. The number of hydrogen-bond donors (Lipinski definition) is 0. The fourth-order valence-corrected chi connectivity index (χ4v) is 2.43. The molecule has 3 heteroatoms. The molecule has 0 spiro atoms. The molecule has 2 atom stereocenters. The summed E-state index contributed by atoms with van der Waals surface area (Å²) in [6.45, 7) is 5.84. The molecule has 1 aromatic rings. The molecule has 0 N–H and O–H groups in total. The molecule has 17 heavy (non-hydrogen) atoms. The molecule has 2 nitrogen and oxygen atoms in total. The van der Waals surface area contributed by atoms with Crippen molar-refractivity contribution >= 4 is 17.6 Å². The van der Waals surface area contributed by atoms with Crippen LogP contribution in [-0.2, 0) is 9.53 Å². The third-order valence-electron chi connectivity index (χ3n) is 3.24. The lowest BCUT2D eigenvalue weighted by molar-refractivity contribution is -0.142. The van der Waals surface area contributed by atoms with E-state index in [0.29, 0.717) is 12.5 Å². The van der Waals surface area contributed by atoms with E-state index in [2.05, 4.69) is 12.6 Å². The lowest BCUT2D eigenvalue weighted by Crippen LogP contribution is -2.31. The SMILES string of the molecule is C=C1C[C@H](c2cccc(Cl)c2)[C@H]1COC(C)=O. The molecular weight excluding hydrogens is 236 g/mol. The predicted octanol–water partition coefficient (Wildman–Crippen LogP) is 3.56. The van der Waals surface area contributed by atoms with Crippen molar-refractivity contribution in [3.8, 4) is 0 Å². The highest BCUT2D eigenvalue weighted by Gasteiger charge is 2.36. The maximum atomic E-state index is 10.8. The van der Waals surface area contributed by atoms with Gasteiger partial charge in [0.25, 0.3) is 0 Å². The molecule has 90 valence electrons. The van der Waals surface area contributed by atoms with Gasteiger partial charge in [0, 0.05) is 17.9 Å². The molecule has 0 aromatic heterocycles. The van der Waals surface area contributed by atoms with Gasteiger partial charge in [0.05, 0.1) is 6.61 Å². The molecule has 0 unspecified atom stereocenters. The van der Waals surface area contributed by atoms with Crippen molar-refractivity contribution in [2.75, 3.05) is 6.61 Å². The van der Waals surface area contributed by atoms with E-state index in [1.54, 1.807) is 0 Å². The van der Waals surface area contributed by atoms with Crippen molar-refractivity contribution < 1.29 is 9.53 Å². The van der Waals surface area contributed by atoms with Crippen LogP contribution in [0.5, 0.6) is 0 Å². The summed E-state index contributed by atoms with van der Waals surface area (Å²) >= 11 is 5.97. The Morgan fingerprint density at radius 3 is 2.94 bits per heavy atom. The number of hydrogen-bond acceptors (Lipinski definition) is 2. The van der Waals surface area contributed by atoms with E-state index in [9.17, 15) is 4.79 Å². The second-order valence-corrected chi connectivity index (χ2v) is 4.87. The van der Waals surface area contributed by atoms with Crippen LogP contribution in [0.4, 0.5) is 0 Å². The van der Waals surface area contributed by atoms with Crippen LogP contribution in [0.3, 0.4) is 0 Å². The Bertz CT molecular complexity index is 453. The summed E-state index contributed by atoms with van der Waals surface area (Å²) in [6, 6.07) is 7.84. The second kappa shape index (κ2) is 4.92. The third-order valence-corrected chi connectivity index (χ3v) is 3.47. The largest absolute Gasteiger partial charge is 0.465 e. The summed E-state index contributed by atoms with van der Waals surface area (Å²) in [6.07, 6.45) is 0.951. The highest BCUT2D eigenvalue weighted by molar-refractivity contribution is 6.30. The van der Waals surface area contributed by atoms with Gasteiger partial charge in [-0.25, -0.2) is 0 Å². The average Bonchev–Trinajstić information content (AvgIpc) is 2.25. The first-order valence-corrected chi connectivity index (χ1v) is 6.02. The first-order chi connectivity index (χ1) is 8.08. The molecule has 1 aliphatic rings. The number of esters is 1. The summed E-state index contributed by atoms with van der Waals surface area (Å²) in [5, 5.41) is 0.742. The van der Waals surface area contributed by atoms with E-state index in [1.165, 1.54) is 12.5 Å². The van der Waals surface area contributed by atoms with E-state index in [-0.39, 0.29) is 11.9 Å². The Kier molecular flexibility index (Phi) is 3.53. The van der Waals surface area contributed by atoms with Crippen LogP contribution >= 0.6 is 11.6 Å². The van der Waals surface area contributed by atoms with Crippen molar-refractivity contribution in [2.24, 2.45) is 5.92 Å². The first kappa shape index (κ1) is 12.2. The highest BCUT2D eigenvalue weighted by atomic mass is 35.5. The molecule has 2 rings (SSSR count). The molecular formula is C14H15ClO2. The van der Waals surface area contributed by atoms with Crippen LogP contribution in [0, 0.1) is 5.92 Å². The lowest BCUT2D eigenvalue weighted by atomic mass is 9.67. The predicted molar refractivity (Wildman–Crippen MR) is 68.1 cm³/mol. The van der Waals surface area contributed by atoms with Gasteiger partial charge in [-0.3, -0.25) is 4.79 Å². The van der Waals surface area contributed by atoms with Crippen molar-refractivity contribution in [3.05, 3.63) is 47.0 Å². The van der Waals surface area contributed by atoms with Crippen LogP contribution in [-0.4, -0.2) is 12.6 Å². The van der Waals surface area contributed by atoms with Crippen molar-refractivity contribution in [1.29, 1.82) is 0 Å². The maximum Gasteiger partial charge on any atom is 0.302 e. The summed E-state index contributed by atoms with van der Waals surface area (Å²) in [5.41, 5.74) is 2.35. The number of carbonyl (C=O) groups excluding carboxylic acids is 1. The van der Waals surface area contributed by atoms with Crippen LogP contribution in [0.25, 0.3) is 0 Å². The summed E-state index contributed by atoms with van der Waals surface area (Å²) in [4.78, 5) is 10.8. The molecule has 1 saturated carbocycles. The van der Waals surface area contributed by atoms with E-state index in [0.717, 1.165) is 17.0 Å². The number of benzene rings is 1. The molecule has 0 saturated heterocycles. The Balaban J connectivity index is 2.06. The number of ether oxygens (including phenoxy) is 1. The quantitative estimate of drug-likeness (QED) is 0.606. The van der Waals surface area contributed by atoms with Gasteiger partial charge in [0.1, 0.15) is 0 Å². The fourth-order valence-electron chi connectivity index (χ4n) is 2.23. The minimum atomic E-state index is -0.241. The van der Waals surface area contributed by atoms with E-state index in [1.807, 2.05) is 18.2 Å². The van der Waals surface area contributed by atoms with Crippen LogP contribution in [0.15, 0.2) is 36.4 Å². The molecule has 0 radical (unpaired) electrons. The molecule has 1 aromatic carbocycles. The minimum Gasteiger partial charge on any atom is -0.465 e. The van der Waals surface area contributed by atoms with Crippen molar-refractivity contribution in [2.45, 2.75) is 19.3 Å². The summed E-state index contributed by atoms with van der Waals surface area (Å²) in [7, 11) is 0. The second-order valence-electron chi connectivity index (χ2n) is 4.43.